The van der Waals surface area contributed by atoms with Crippen molar-refractivity contribution in [2.24, 2.45) is 0 Å². The van der Waals surface area contributed by atoms with Gasteiger partial charge in [0, 0.05) is 58.6 Å². The molecule has 266 valence electrons. The molecule has 1 aromatic heterocycles. The largest absolute Gasteiger partial charge is 0.485 e. The lowest BCUT2D eigenvalue weighted by Crippen LogP contribution is -2.75. The molecule has 4 aliphatic rings. The van der Waals surface area contributed by atoms with Gasteiger partial charge in [-0.1, -0.05) is 120 Å². The van der Waals surface area contributed by atoms with E-state index < -0.39 is 11.0 Å². The van der Waals surface area contributed by atoms with E-state index in [0.717, 1.165) is 70.6 Å². The maximum Gasteiger partial charge on any atom is 0.166 e. The summed E-state index contributed by atoms with van der Waals surface area (Å²) in [4.78, 5) is 2.59. The summed E-state index contributed by atoms with van der Waals surface area (Å²) in [5.41, 5.74) is 8.26. The number of benzene rings is 5. The molecule has 5 nitrogen and oxygen atoms in total. The van der Waals surface area contributed by atoms with Crippen LogP contribution in [0.3, 0.4) is 0 Å². The third-order valence-electron chi connectivity index (χ3n) is 12.4. The van der Waals surface area contributed by atoms with Crippen molar-refractivity contribution in [1.82, 2.24) is 9.47 Å². The van der Waals surface area contributed by atoms with Crippen LogP contribution in [0, 0.1) is 0 Å². The number of ether oxygens (including phenoxy) is 3. The van der Waals surface area contributed by atoms with Crippen LogP contribution < -0.4 is 9.47 Å². The zero-order valence-electron chi connectivity index (χ0n) is 29.4. The second kappa shape index (κ2) is 12.8. The van der Waals surface area contributed by atoms with E-state index in [0.29, 0.717) is 19.8 Å². The number of nitrogens with zero attached hydrogens (tertiary/aromatic N) is 2. The molecule has 6 aromatic rings. The Morgan fingerprint density at radius 3 is 2.36 bits per heavy atom. The predicted octanol–water partition coefficient (Wildman–Crippen LogP) is 10.3. The van der Waals surface area contributed by atoms with E-state index in [2.05, 4.69) is 94.9 Å². The molecule has 10 rings (SSSR count). The van der Waals surface area contributed by atoms with Crippen molar-refractivity contribution in [3.05, 3.63) is 177 Å². The molecule has 53 heavy (non-hydrogen) atoms. The van der Waals surface area contributed by atoms with E-state index in [1.165, 1.54) is 33.3 Å². The smallest absolute Gasteiger partial charge is 0.166 e. The number of piperidine rings is 1. The van der Waals surface area contributed by atoms with E-state index in [4.69, 9.17) is 37.4 Å². The van der Waals surface area contributed by atoms with Crippen LogP contribution in [-0.2, 0) is 42.8 Å². The lowest BCUT2D eigenvalue weighted by molar-refractivity contribution is -0.209. The van der Waals surface area contributed by atoms with Crippen LogP contribution in [-0.4, -0.2) is 34.2 Å². The Morgan fingerprint density at radius 2 is 1.57 bits per heavy atom. The van der Waals surface area contributed by atoms with Crippen LogP contribution in [0.4, 0.5) is 0 Å². The van der Waals surface area contributed by atoms with Gasteiger partial charge in [-0.2, -0.15) is 0 Å². The molecule has 2 bridgehead atoms. The van der Waals surface area contributed by atoms with Gasteiger partial charge in [-0.15, -0.1) is 6.58 Å². The number of para-hydroxylation sites is 1. The monoisotopic (exact) mass is 738 g/mol. The van der Waals surface area contributed by atoms with Crippen molar-refractivity contribution in [2.45, 2.75) is 62.2 Å². The third-order valence-corrected chi connectivity index (χ3v) is 13.2. The third kappa shape index (κ3) is 4.91. The van der Waals surface area contributed by atoms with Crippen molar-refractivity contribution in [3.8, 4) is 11.5 Å². The zero-order chi connectivity index (χ0) is 35.7. The number of hydrogen-bond donors (Lipinski definition) is 0. The van der Waals surface area contributed by atoms with Crippen LogP contribution in [0.1, 0.15) is 51.6 Å². The van der Waals surface area contributed by atoms with Gasteiger partial charge in [0.25, 0.3) is 0 Å². The quantitative estimate of drug-likeness (QED) is 0.131. The fourth-order valence-electron chi connectivity index (χ4n) is 10.2. The topological polar surface area (TPSA) is 35.9 Å². The molecule has 7 heteroatoms. The summed E-state index contributed by atoms with van der Waals surface area (Å²) in [6, 6.07) is 39.8. The van der Waals surface area contributed by atoms with Gasteiger partial charge in [0.15, 0.2) is 17.6 Å². The van der Waals surface area contributed by atoms with E-state index in [1.807, 2.05) is 42.5 Å². The first-order chi connectivity index (χ1) is 26.0. The van der Waals surface area contributed by atoms with Crippen molar-refractivity contribution < 1.29 is 14.2 Å². The van der Waals surface area contributed by atoms with Gasteiger partial charge in [0.2, 0.25) is 0 Å². The van der Waals surface area contributed by atoms with Gasteiger partial charge >= 0.3 is 0 Å². The first-order valence-corrected chi connectivity index (χ1v) is 19.3. The minimum absolute atomic E-state index is 0.0798. The van der Waals surface area contributed by atoms with Crippen molar-refractivity contribution >= 4 is 34.1 Å². The molecule has 0 N–H and O–H groups in total. The molecule has 0 amide bonds. The molecule has 0 radical (unpaired) electrons. The summed E-state index contributed by atoms with van der Waals surface area (Å²) >= 11 is 13.7. The van der Waals surface area contributed by atoms with Gasteiger partial charge in [-0.3, -0.25) is 4.90 Å². The Hall–Kier alpha value is -4.52. The highest BCUT2D eigenvalue weighted by atomic mass is 35.5. The molecule has 4 atom stereocenters. The summed E-state index contributed by atoms with van der Waals surface area (Å²) in [6.07, 6.45) is 4.14. The molecule has 1 saturated heterocycles. The van der Waals surface area contributed by atoms with Gasteiger partial charge in [-0.25, -0.2) is 0 Å². The van der Waals surface area contributed by atoms with E-state index in [9.17, 15) is 0 Å². The molecule has 3 heterocycles. The average molecular weight is 740 g/mol. The lowest BCUT2D eigenvalue weighted by atomic mass is 9.48. The van der Waals surface area contributed by atoms with Crippen LogP contribution in [0.15, 0.2) is 128 Å². The first-order valence-electron chi connectivity index (χ1n) is 18.6. The fraction of sp³-hybridized carbons (Fsp3) is 0.261. The first kappa shape index (κ1) is 33.1. The van der Waals surface area contributed by atoms with Gasteiger partial charge in [0.1, 0.15) is 12.2 Å². The molecule has 2 aliphatic heterocycles. The van der Waals surface area contributed by atoms with E-state index in [1.54, 1.807) is 0 Å². The minimum atomic E-state index is -0.638. The molecule has 1 spiro atoms. The number of rotatable bonds is 10. The number of likely N-dealkylation sites (tertiary alicyclic amines) is 1. The highest BCUT2D eigenvalue weighted by molar-refractivity contribution is 6.31. The Kier molecular flexibility index (Phi) is 8.00. The van der Waals surface area contributed by atoms with Crippen molar-refractivity contribution in [2.75, 3.05) is 13.1 Å². The zero-order valence-corrected chi connectivity index (χ0v) is 31.0. The molecular formula is C46H40Cl2N2O3. The number of aromatic nitrogens is 1. The molecule has 2 aliphatic carbocycles. The van der Waals surface area contributed by atoms with E-state index in [-0.39, 0.29) is 12.1 Å². The molecule has 0 unspecified atom stereocenters. The summed E-state index contributed by atoms with van der Waals surface area (Å²) in [6.45, 7) is 7.36. The second-order valence-electron chi connectivity index (χ2n) is 14.9. The molecule has 5 aromatic carbocycles. The number of fused-ring (bicyclic) bond motifs is 4. The Morgan fingerprint density at radius 1 is 0.830 bits per heavy atom. The van der Waals surface area contributed by atoms with Crippen LogP contribution in [0.25, 0.3) is 10.9 Å². The Bertz CT molecular complexity index is 2390. The van der Waals surface area contributed by atoms with Crippen LogP contribution in [0.2, 0.25) is 10.0 Å². The summed E-state index contributed by atoms with van der Waals surface area (Å²) in [7, 11) is 0. The SMILES string of the molecule is C=CCN1CC[C@]23c4c5ccc(OCc6ccccc6)c4O[C@H]2c2c(c4ccccc4n2Cc2ccccc2Cl)C[C@@]3(OCc2ccccc2Cl)[C@H]1C5. The Labute approximate surface area is 320 Å². The Balaban J connectivity index is 1.22. The standard InChI is InChI=1S/C46H40Cl2N2O3/c1-2-23-49-24-22-45-41-31-20-21-39(51-28-30-12-4-3-5-13-30)43(41)53-44(45)42-35(26-46(45,40(49)25-31)52-29-33-15-7-10-18-37(33)48)34-16-8-11-19-38(34)50(42)27-32-14-6-9-17-36(32)47/h2-21,40,44H,1,22-29H2/t40-,44+,45+,46-/m1/s1. The lowest BCUT2D eigenvalue weighted by Gasteiger charge is -2.64. The molecule has 0 saturated carbocycles. The van der Waals surface area contributed by atoms with E-state index >= 15 is 0 Å². The van der Waals surface area contributed by atoms with Gasteiger partial charge in [0.05, 0.1) is 17.7 Å². The predicted molar refractivity (Wildman–Crippen MR) is 211 cm³/mol. The fourth-order valence-corrected chi connectivity index (χ4v) is 10.6. The summed E-state index contributed by atoms with van der Waals surface area (Å²) < 4.78 is 24.3. The second-order valence-corrected chi connectivity index (χ2v) is 15.7. The van der Waals surface area contributed by atoms with Crippen LogP contribution in [0.5, 0.6) is 11.5 Å². The summed E-state index contributed by atoms with van der Waals surface area (Å²) in [5.74, 6) is 1.63. The normalized spacial score (nSPS) is 23.7. The minimum Gasteiger partial charge on any atom is -0.485 e. The highest BCUT2D eigenvalue weighted by Gasteiger charge is 2.74. The van der Waals surface area contributed by atoms with Crippen LogP contribution >= 0.6 is 23.2 Å². The highest BCUT2D eigenvalue weighted by Crippen LogP contribution is 2.70. The average Bonchev–Trinajstić information content (AvgIpc) is 3.69. The summed E-state index contributed by atoms with van der Waals surface area (Å²) in [5, 5.41) is 2.70. The maximum absolute atomic E-state index is 7.65. The number of halogens is 2. The number of hydrogen-bond acceptors (Lipinski definition) is 4. The molecule has 1 fully saturated rings. The van der Waals surface area contributed by atoms with Gasteiger partial charge < -0.3 is 18.8 Å². The van der Waals surface area contributed by atoms with Crippen molar-refractivity contribution in [1.29, 1.82) is 0 Å². The van der Waals surface area contributed by atoms with Crippen molar-refractivity contribution in [3.63, 3.8) is 0 Å². The maximum atomic E-state index is 7.65. The molecular weight excluding hydrogens is 699 g/mol. The van der Waals surface area contributed by atoms with Gasteiger partial charge in [-0.05, 0) is 64.9 Å².